The van der Waals surface area contributed by atoms with E-state index in [0.717, 1.165) is 33.9 Å². The monoisotopic (exact) mass is 485 g/mol. The Morgan fingerprint density at radius 2 is 1.83 bits per heavy atom. The smallest absolute Gasteiger partial charge is 0.337 e. The number of amides is 1. The first-order valence-electron chi connectivity index (χ1n) is 11.5. The van der Waals surface area contributed by atoms with Crippen molar-refractivity contribution in [2.45, 2.75) is 25.8 Å². The van der Waals surface area contributed by atoms with Crippen molar-refractivity contribution in [3.05, 3.63) is 88.6 Å². The SMILES string of the molecule is COC(=O)c1ccc2c(c1)NC(=O)C2=C(C)Nc1ccc(C(C)(N)Cc2ccc3c(c2)OCO3)cc1. The molecule has 0 aliphatic carbocycles. The average molecular weight is 486 g/mol. The largest absolute Gasteiger partial charge is 0.465 e. The molecule has 0 spiro atoms. The van der Waals surface area contributed by atoms with Gasteiger partial charge in [0.25, 0.3) is 5.91 Å². The van der Waals surface area contributed by atoms with Crippen LogP contribution >= 0.6 is 0 Å². The maximum atomic E-state index is 12.7. The first kappa shape index (κ1) is 23.4. The zero-order valence-electron chi connectivity index (χ0n) is 20.3. The maximum Gasteiger partial charge on any atom is 0.337 e. The summed E-state index contributed by atoms with van der Waals surface area (Å²) < 4.78 is 15.6. The van der Waals surface area contributed by atoms with Gasteiger partial charge in [-0.2, -0.15) is 0 Å². The fraction of sp³-hybridized carbons (Fsp3) is 0.214. The van der Waals surface area contributed by atoms with Crippen LogP contribution in [0.5, 0.6) is 11.5 Å². The van der Waals surface area contributed by atoms with Gasteiger partial charge in [-0.1, -0.05) is 24.3 Å². The number of fused-ring (bicyclic) bond motifs is 2. The molecular weight excluding hydrogens is 458 g/mol. The van der Waals surface area contributed by atoms with Gasteiger partial charge in [0.15, 0.2) is 11.5 Å². The zero-order chi connectivity index (χ0) is 25.4. The first-order chi connectivity index (χ1) is 17.2. The lowest BCUT2D eigenvalue weighted by Crippen LogP contribution is -2.35. The minimum absolute atomic E-state index is 0.230. The van der Waals surface area contributed by atoms with Crippen LogP contribution in [0.3, 0.4) is 0 Å². The van der Waals surface area contributed by atoms with Crippen LogP contribution in [0.1, 0.15) is 40.9 Å². The van der Waals surface area contributed by atoms with E-state index in [4.69, 9.17) is 19.9 Å². The van der Waals surface area contributed by atoms with Crippen LogP contribution in [0, 0.1) is 0 Å². The molecule has 0 radical (unpaired) electrons. The third-order valence-electron chi connectivity index (χ3n) is 6.44. The summed E-state index contributed by atoms with van der Waals surface area (Å²) in [6, 6.07) is 18.8. The van der Waals surface area contributed by atoms with Crippen LogP contribution in [0.15, 0.2) is 66.4 Å². The fourth-order valence-corrected chi connectivity index (χ4v) is 4.58. The number of nitrogens with two attached hydrogens (primary N) is 1. The summed E-state index contributed by atoms with van der Waals surface area (Å²) in [6.45, 7) is 4.08. The summed E-state index contributed by atoms with van der Waals surface area (Å²) in [7, 11) is 1.32. The molecule has 1 amide bonds. The van der Waals surface area contributed by atoms with Gasteiger partial charge in [0.2, 0.25) is 6.79 Å². The van der Waals surface area contributed by atoms with Crippen molar-refractivity contribution in [2.24, 2.45) is 5.73 Å². The molecule has 1 unspecified atom stereocenters. The molecule has 0 saturated heterocycles. The minimum atomic E-state index is -0.596. The number of esters is 1. The molecule has 1 atom stereocenters. The number of rotatable bonds is 6. The molecule has 8 nitrogen and oxygen atoms in total. The second-order valence-corrected chi connectivity index (χ2v) is 9.19. The Kier molecular flexibility index (Phi) is 5.89. The fourth-order valence-electron chi connectivity index (χ4n) is 4.58. The number of carbonyl (C=O) groups excluding carboxylic acids is 2. The van der Waals surface area contributed by atoms with Crippen molar-refractivity contribution in [1.82, 2.24) is 0 Å². The van der Waals surface area contributed by atoms with Crippen molar-refractivity contribution >= 4 is 28.8 Å². The molecule has 3 aromatic rings. The van der Waals surface area contributed by atoms with Gasteiger partial charge in [-0.25, -0.2) is 4.79 Å². The van der Waals surface area contributed by atoms with Crippen LogP contribution in [0.25, 0.3) is 5.57 Å². The number of benzene rings is 3. The average Bonchev–Trinajstić information content (AvgIpc) is 3.45. The van der Waals surface area contributed by atoms with Crippen LogP contribution in [0.4, 0.5) is 11.4 Å². The van der Waals surface area contributed by atoms with Gasteiger partial charge >= 0.3 is 5.97 Å². The highest BCUT2D eigenvalue weighted by Gasteiger charge is 2.28. The molecule has 2 aliphatic heterocycles. The second kappa shape index (κ2) is 9.05. The molecule has 0 bridgehead atoms. The molecule has 2 aliphatic rings. The molecule has 0 fully saturated rings. The number of methoxy groups -OCH3 is 1. The van der Waals surface area contributed by atoms with E-state index in [2.05, 4.69) is 10.6 Å². The molecule has 2 heterocycles. The lowest BCUT2D eigenvalue weighted by Gasteiger charge is -2.26. The second-order valence-electron chi connectivity index (χ2n) is 9.19. The number of hydrogen-bond acceptors (Lipinski definition) is 7. The van der Waals surface area contributed by atoms with E-state index in [0.29, 0.717) is 28.9 Å². The van der Waals surface area contributed by atoms with Crippen molar-refractivity contribution in [2.75, 3.05) is 24.5 Å². The lowest BCUT2D eigenvalue weighted by atomic mass is 9.86. The highest BCUT2D eigenvalue weighted by molar-refractivity contribution is 6.32. The van der Waals surface area contributed by atoms with Crippen molar-refractivity contribution < 1.29 is 23.8 Å². The Hall–Kier alpha value is -4.30. The van der Waals surface area contributed by atoms with Crippen molar-refractivity contribution in [1.29, 1.82) is 0 Å². The van der Waals surface area contributed by atoms with Gasteiger partial charge in [0, 0.05) is 22.5 Å². The molecular formula is C28H27N3O5. The Bertz CT molecular complexity index is 1390. The van der Waals surface area contributed by atoms with Crippen molar-refractivity contribution in [3.63, 3.8) is 0 Å². The molecule has 3 aromatic carbocycles. The minimum Gasteiger partial charge on any atom is -0.465 e. The Balaban J connectivity index is 1.33. The van der Waals surface area contributed by atoms with E-state index in [-0.39, 0.29) is 12.7 Å². The van der Waals surface area contributed by atoms with Crippen LogP contribution in [-0.4, -0.2) is 25.8 Å². The molecule has 8 heteroatoms. The quantitative estimate of drug-likeness (QED) is 0.350. The summed E-state index contributed by atoms with van der Waals surface area (Å²) >= 11 is 0. The van der Waals surface area contributed by atoms with Gasteiger partial charge in [0.1, 0.15) is 0 Å². The summed E-state index contributed by atoms with van der Waals surface area (Å²) in [5.74, 6) is 0.807. The number of nitrogens with one attached hydrogen (secondary N) is 2. The molecule has 5 rings (SSSR count). The van der Waals surface area contributed by atoms with E-state index in [1.54, 1.807) is 18.2 Å². The Labute approximate surface area is 209 Å². The number of ether oxygens (including phenoxy) is 3. The summed E-state index contributed by atoms with van der Waals surface area (Å²) in [5, 5.41) is 6.14. The van der Waals surface area contributed by atoms with E-state index in [1.807, 2.05) is 56.3 Å². The van der Waals surface area contributed by atoms with Gasteiger partial charge in [-0.15, -0.1) is 0 Å². The highest BCUT2D eigenvalue weighted by Crippen LogP contribution is 2.36. The summed E-state index contributed by atoms with van der Waals surface area (Å²) in [6.07, 6.45) is 0.629. The lowest BCUT2D eigenvalue weighted by molar-refractivity contribution is -0.110. The van der Waals surface area contributed by atoms with Crippen LogP contribution in [-0.2, 0) is 21.5 Å². The van der Waals surface area contributed by atoms with Gasteiger partial charge in [-0.05, 0) is 67.8 Å². The standard InChI is InChI=1S/C28H27N3O5/c1-16(25-21-10-5-18(27(33)34-3)13-22(21)31-26(25)32)30-20-8-6-19(7-9-20)28(2,29)14-17-4-11-23-24(12-17)36-15-35-23/h4-13,30H,14-15,29H2,1-3H3,(H,31,32). The van der Waals surface area contributed by atoms with E-state index in [1.165, 1.54) is 7.11 Å². The summed E-state index contributed by atoms with van der Waals surface area (Å²) in [5.41, 5.74) is 11.9. The third kappa shape index (κ3) is 4.38. The number of anilines is 2. The molecule has 4 N–H and O–H groups in total. The topological polar surface area (TPSA) is 112 Å². The normalized spacial score (nSPS) is 16.6. The Morgan fingerprint density at radius 3 is 2.58 bits per heavy atom. The number of carbonyl (C=O) groups is 2. The number of hydrogen-bond donors (Lipinski definition) is 3. The van der Waals surface area contributed by atoms with Crippen LogP contribution < -0.4 is 25.8 Å². The van der Waals surface area contributed by atoms with E-state index < -0.39 is 11.5 Å². The van der Waals surface area contributed by atoms with Gasteiger partial charge < -0.3 is 30.6 Å². The van der Waals surface area contributed by atoms with Crippen molar-refractivity contribution in [3.8, 4) is 11.5 Å². The van der Waals surface area contributed by atoms with Gasteiger partial charge in [-0.3, -0.25) is 4.79 Å². The van der Waals surface area contributed by atoms with Gasteiger partial charge in [0.05, 0.1) is 23.9 Å². The summed E-state index contributed by atoms with van der Waals surface area (Å²) in [4.78, 5) is 24.5. The molecule has 0 saturated carbocycles. The molecule has 36 heavy (non-hydrogen) atoms. The highest BCUT2D eigenvalue weighted by atomic mass is 16.7. The first-order valence-corrected chi connectivity index (χ1v) is 11.5. The number of allylic oxidation sites excluding steroid dienone is 1. The third-order valence-corrected chi connectivity index (χ3v) is 6.44. The predicted octanol–water partition coefficient (Wildman–Crippen LogP) is 4.41. The maximum absolute atomic E-state index is 12.7. The van der Waals surface area contributed by atoms with E-state index >= 15 is 0 Å². The van der Waals surface area contributed by atoms with E-state index in [9.17, 15) is 9.59 Å². The zero-order valence-corrected chi connectivity index (χ0v) is 20.3. The Morgan fingerprint density at radius 1 is 1.08 bits per heavy atom. The molecule has 0 aromatic heterocycles. The molecule has 184 valence electrons. The predicted molar refractivity (Wildman–Crippen MR) is 137 cm³/mol. The van der Waals surface area contributed by atoms with Crippen LogP contribution in [0.2, 0.25) is 0 Å².